The van der Waals surface area contributed by atoms with Gasteiger partial charge in [-0.3, -0.25) is 0 Å². The van der Waals surface area contributed by atoms with Crippen LogP contribution < -0.4 is 0 Å². The Bertz CT molecular complexity index is 1270. The number of aliphatic hydroxyl groups is 1. The monoisotopic (exact) mass is 580 g/mol. The predicted octanol–water partition coefficient (Wildman–Crippen LogP) is 12.4. The smallest absolute Gasteiger partial charge is 0.0431 e. The molecule has 0 unspecified atom stereocenters. The molecule has 0 amide bonds. The van der Waals surface area contributed by atoms with Crippen LogP contribution in [0.3, 0.4) is 0 Å². The molecule has 1 atom stereocenters. The second-order valence-corrected chi connectivity index (χ2v) is 13.8. The fraction of sp³-hybridized carbons (Fsp3) is 0.476. The average molecular weight is 581 g/mol. The highest BCUT2D eigenvalue weighted by molar-refractivity contribution is 5.39. The Kier molecular flexibility index (Phi) is 15.2. The molecule has 234 valence electrons. The fourth-order valence-electron chi connectivity index (χ4n) is 6.38. The van der Waals surface area contributed by atoms with Gasteiger partial charge in [-0.1, -0.05) is 139 Å². The van der Waals surface area contributed by atoms with Crippen molar-refractivity contribution in [1.82, 2.24) is 0 Å². The molecule has 0 aromatic rings. The maximum atomic E-state index is 9.36. The number of hydrogen-bond acceptors (Lipinski definition) is 1. The molecule has 0 aromatic heterocycles. The third-order valence-electron chi connectivity index (χ3n) is 9.11. The Morgan fingerprint density at radius 1 is 0.628 bits per heavy atom. The van der Waals surface area contributed by atoms with Gasteiger partial charge >= 0.3 is 0 Å². The first-order valence-corrected chi connectivity index (χ1v) is 16.5. The Labute approximate surface area is 265 Å². The van der Waals surface area contributed by atoms with Crippen molar-refractivity contribution in [2.45, 2.75) is 114 Å². The zero-order chi connectivity index (χ0) is 31.9. The summed E-state index contributed by atoms with van der Waals surface area (Å²) in [6.07, 6.45) is 40.0. The first kappa shape index (κ1) is 36.3. The van der Waals surface area contributed by atoms with Gasteiger partial charge in [-0.15, -0.1) is 0 Å². The molecule has 2 aliphatic rings. The highest BCUT2D eigenvalue weighted by Crippen LogP contribution is 2.44. The van der Waals surface area contributed by atoms with Gasteiger partial charge in [0.15, 0.2) is 0 Å². The van der Waals surface area contributed by atoms with Crippen molar-refractivity contribution in [3.63, 3.8) is 0 Å². The lowest BCUT2D eigenvalue weighted by Crippen LogP contribution is -2.23. The zero-order valence-corrected chi connectivity index (χ0v) is 28.9. The van der Waals surface area contributed by atoms with E-state index in [1.807, 2.05) is 0 Å². The Balaban J connectivity index is 1.91. The molecule has 0 spiro atoms. The van der Waals surface area contributed by atoms with Crippen LogP contribution in [0.5, 0.6) is 0 Å². The molecule has 0 saturated heterocycles. The number of aliphatic hydroxyl groups excluding tert-OH is 1. The van der Waals surface area contributed by atoms with Gasteiger partial charge in [0.2, 0.25) is 0 Å². The summed E-state index contributed by atoms with van der Waals surface area (Å²) in [4.78, 5) is 0. The molecule has 0 aliphatic heterocycles. The molecule has 0 bridgehead atoms. The Hall–Kier alpha value is -2.90. The van der Waals surface area contributed by atoms with E-state index in [4.69, 9.17) is 0 Å². The van der Waals surface area contributed by atoms with Crippen LogP contribution in [0.15, 0.2) is 130 Å². The highest BCUT2D eigenvalue weighted by atomic mass is 16.2. The summed E-state index contributed by atoms with van der Waals surface area (Å²) in [6, 6.07) is 0. The molecule has 0 fully saturated rings. The van der Waals surface area contributed by atoms with Gasteiger partial charge in [-0.05, 0) is 115 Å². The maximum Gasteiger partial charge on any atom is 0.0431 e. The summed E-state index contributed by atoms with van der Waals surface area (Å²) in [5, 5.41) is 9.36. The first-order valence-electron chi connectivity index (χ1n) is 16.5. The van der Waals surface area contributed by atoms with Gasteiger partial charge in [0.1, 0.15) is 0 Å². The van der Waals surface area contributed by atoms with Crippen molar-refractivity contribution in [3.8, 4) is 0 Å². The van der Waals surface area contributed by atoms with Crippen molar-refractivity contribution in [2.75, 3.05) is 6.61 Å². The van der Waals surface area contributed by atoms with E-state index >= 15 is 0 Å². The van der Waals surface area contributed by atoms with Crippen LogP contribution in [-0.4, -0.2) is 11.7 Å². The summed E-state index contributed by atoms with van der Waals surface area (Å²) >= 11 is 0. The van der Waals surface area contributed by atoms with Crippen molar-refractivity contribution >= 4 is 0 Å². The van der Waals surface area contributed by atoms with Gasteiger partial charge in [-0.2, -0.15) is 0 Å². The molecular weight excluding hydrogens is 520 g/mol. The average Bonchev–Trinajstić information content (AvgIpc) is 2.93. The second-order valence-electron chi connectivity index (χ2n) is 13.8. The van der Waals surface area contributed by atoms with E-state index in [-0.39, 0.29) is 17.4 Å². The van der Waals surface area contributed by atoms with E-state index in [0.717, 1.165) is 12.8 Å². The lowest BCUT2D eigenvalue weighted by atomic mass is 9.68. The molecular formula is C42H60O. The van der Waals surface area contributed by atoms with Crippen molar-refractivity contribution in [3.05, 3.63) is 130 Å². The molecule has 43 heavy (non-hydrogen) atoms. The lowest BCUT2D eigenvalue weighted by Gasteiger charge is -2.36. The van der Waals surface area contributed by atoms with Crippen LogP contribution in [0, 0.1) is 10.8 Å². The minimum absolute atomic E-state index is 0.183. The van der Waals surface area contributed by atoms with Crippen molar-refractivity contribution in [1.29, 1.82) is 0 Å². The van der Waals surface area contributed by atoms with E-state index in [1.54, 1.807) is 5.57 Å². The van der Waals surface area contributed by atoms with Gasteiger partial charge < -0.3 is 5.11 Å². The SMILES string of the molecule is CC1=C(/C=C/C(C)=C/C=C/C(C)=C/C=C/C=C(C)/C=C/C=C(C)/C=C/C2=C(C)CCC[C@]2(C)CCCO)C(C)(C)CCC1. The number of allylic oxidation sites excluding steroid dienone is 22. The van der Waals surface area contributed by atoms with Crippen LogP contribution in [0.25, 0.3) is 0 Å². The van der Waals surface area contributed by atoms with Crippen LogP contribution in [0.1, 0.15) is 114 Å². The fourth-order valence-corrected chi connectivity index (χ4v) is 6.38. The Morgan fingerprint density at radius 2 is 1.07 bits per heavy atom. The molecule has 0 saturated carbocycles. The molecule has 2 rings (SSSR count). The quantitative estimate of drug-likeness (QED) is 0.215. The van der Waals surface area contributed by atoms with E-state index < -0.39 is 0 Å². The van der Waals surface area contributed by atoms with E-state index in [0.29, 0.717) is 0 Å². The topological polar surface area (TPSA) is 20.2 Å². The zero-order valence-electron chi connectivity index (χ0n) is 28.9. The largest absolute Gasteiger partial charge is 0.396 e. The van der Waals surface area contributed by atoms with Gasteiger partial charge in [0.05, 0.1) is 0 Å². The summed E-state index contributed by atoms with van der Waals surface area (Å²) in [5.74, 6) is 0. The lowest BCUT2D eigenvalue weighted by molar-refractivity contribution is 0.237. The highest BCUT2D eigenvalue weighted by Gasteiger charge is 2.31. The summed E-state index contributed by atoms with van der Waals surface area (Å²) in [5.41, 5.74) is 11.4. The van der Waals surface area contributed by atoms with E-state index in [1.165, 1.54) is 77.5 Å². The van der Waals surface area contributed by atoms with Crippen molar-refractivity contribution < 1.29 is 5.11 Å². The Morgan fingerprint density at radius 3 is 1.58 bits per heavy atom. The third kappa shape index (κ3) is 12.7. The predicted molar refractivity (Wildman–Crippen MR) is 192 cm³/mol. The van der Waals surface area contributed by atoms with E-state index in [9.17, 15) is 5.11 Å². The first-order chi connectivity index (χ1) is 20.4. The van der Waals surface area contributed by atoms with Crippen molar-refractivity contribution in [2.24, 2.45) is 10.8 Å². The molecule has 1 heteroatoms. The summed E-state index contributed by atoms with van der Waals surface area (Å²) in [7, 11) is 0. The minimum atomic E-state index is 0.183. The van der Waals surface area contributed by atoms with Crippen LogP contribution in [-0.2, 0) is 0 Å². The van der Waals surface area contributed by atoms with Crippen LogP contribution >= 0.6 is 0 Å². The molecule has 0 aromatic carbocycles. The van der Waals surface area contributed by atoms with E-state index in [2.05, 4.69) is 147 Å². The standard InChI is InChI=1S/C42H60O/c1-33(19-12-21-35(3)25-27-39-37(5)23-14-29-41(39,7)8)17-10-11-18-34(2)20-13-22-36(4)26-28-40-38(6)24-15-30-42(40,9)31-16-32-43/h10-13,17-22,25-28,43H,14-16,23-24,29-32H2,1-9H3/b11-10+,19-12+,20-13+,27-25+,28-26+,33-17+,34-18+,35-21+,36-22+/t42-/m1/s1. The van der Waals surface area contributed by atoms with Gasteiger partial charge in [0.25, 0.3) is 0 Å². The number of hydrogen-bond donors (Lipinski definition) is 1. The molecule has 0 radical (unpaired) electrons. The summed E-state index contributed by atoms with van der Waals surface area (Å²) in [6.45, 7) is 20.5. The normalized spacial score (nSPS) is 23.5. The summed E-state index contributed by atoms with van der Waals surface area (Å²) < 4.78 is 0. The molecule has 2 aliphatic carbocycles. The van der Waals surface area contributed by atoms with Gasteiger partial charge in [0, 0.05) is 6.61 Å². The van der Waals surface area contributed by atoms with Crippen LogP contribution in [0.4, 0.5) is 0 Å². The minimum Gasteiger partial charge on any atom is -0.396 e. The maximum absolute atomic E-state index is 9.36. The van der Waals surface area contributed by atoms with Gasteiger partial charge in [-0.25, -0.2) is 0 Å². The third-order valence-corrected chi connectivity index (χ3v) is 9.11. The molecule has 1 nitrogen and oxygen atoms in total. The molecule has 0 heterocycles. The van der Waals surface area contributed by atoms with Crippen LogP contribution in [0.2, 0.25) is 0 Å². The number of rotatable bonds is 13. The second kappa shape index (κ2) is 18.0. The molecule has 1 N–H and O–H groups in total.